The number of benzene rings is 1. The zero-order valence-corrected chi connectivity index (χ0v) is 11.4. The minimum atomic E-state index is 0.326. The summed E-state index contributed by atoms with van der Waals surface area (Å²) in [6, 6.07) is 7.79. The van der Waals surface area contributed by atoms with Crippen LogP contribution in [0.4, 0.5) is 0 Å². The highest BCUT2D eigenvalue weighted by Gasteiger charge is 2.14. The Labute approximate surface area is 117 Å². The van der Waals surface area contributed by atoms with Crippen molar-refractivity contribution in [1.82, 2.24) is 9.55 Å². The summed E-state index contributed by atoms with van der Waals surface area (Å²) in [5, 5.41) is 0.966. The molecule has 0 saturated heterocycles. The van der Waals surface area contributed by atoms with E-state index in [-0.39, 0.29) is 0 Å². The van der Waals surface area contributed by atoms with Crippen molar-refractivity contribution >= 4 is 11.0 Å². The summed E-state index contributed by atoms with van der Waals surface area (Å²) in [6.45, 7) is 0.869. The molecule has 0 bridgehead atoms. The van der Waals surface area contributed by atoms with E-state index in [1.165, 1.54) is 0 Å². The number of fused-ring (bicyclic) bond motifs is 1. The van der Waals surface area contributed by atoms with E-state index in [9.17, 15) is 0 Å². The molecule has 2 aromatic heterocycles. The minimum Gasteiger partial charge on any atom is -0.489 e. The first-order valence-corrected chi connectivity index (χ1v) is 6.59. The molecule has 0 saturated carbocycles. The lowest BCUT2D eigenvalue weighted by Crippen LogP contribution is -2.07. The molecule has 3 aromatic rings. The topological polar surface area (TPSA) is 66.2 Å². The van der Waals surface area contributed by atoms with E-state index in [0.717, 1.165) is 29.0 Å². The number of nitrogens with zero attached hydrogens (tertiary/aromatic N) is 2. The second kappa shape index (κ2) is 5.38. The van der Waals surface area contributed by atoms with Crippen LogP contribution in [0.2, 0.25) is 0 Å². The van der Waals surface area contributed by atoms with Crippen LogP contribution in [0.15, 0.2) is 41.1 Å². The molecule has 0 aliphatic carbocycles. The highest BCUT2D eigenvalue weighted by Crippen LogP contribution is 2.32. The summed E-state index contributed by atoms with van der Waals surface area (Å²) >= 11 is 0. The molecule has 0 radical (unpaired) electrons. The maximum atomic E-state index is 5.88. The lowest BCUT2D eigenvalue weighted by molar-refractivity contribution is 0.310. The Morgan fingerprint density at radius 1 is 1.35 bits per heavy atom. The SMILES string of the molecule is Cn1ccnc1CCOc1c(CN)oc2ccccc12. The first-order valence-electron chi connectivity index (χ1n) is 6.59. The molecular weight excluding hydrogens is 254 g/mol. The number of aryl methyl sites for hydroxylation is 1. The number of rotatable bonds is 5. The summed E-state index contributed by atoms with van der Waals surface area (Å²) in [7, 11) is 1.97. The van der Waals surface area contributed by atoms with Gasteiger partial charge < -0.3 is 19.5 Å². The summed E-state index contributed by atoms with van der Waals surface area (Å²) in [5.41, 5.74) is 6.52. The van der Waals surface area contributed by atoms with Gasteiger partial charge in [0.15, 0.2) is 11.5 Å². The van der Waals surface area contributed by atoms with Gasteiger partial charge in [0.2, 0.25) is 0 Å². The van der Waals surface area contributed by atoms with Crippen LogP contribution in [0.5, 0.6) is 5.75 Å². The van der Waals surface area contributed by atoms with Crippen molar-refractivity contribution in [3.8, 4) is 5.75 Å². The third kappa shape index (κ3) is 2.28. The lowest BCUT2D eigenvalue weighted by Gasteiger charge is -2.06. The fraction of sp³-hybridized carbons (Fsp3) is 0.267. The largest absolute Gasteiger partial charge is 0.489 e. The normalized spacial score (nSPS) is 11.1. The average Bonchev–Trinajstić information content (AvgIpc) is 3.03. The van der Waals surface area contributed by atoms with Crippen molar-refractivity contribution in [3.63, 3.8) is 0 Å². The number of furan rings is 1. The molecule has 5 heteroatoms. The highest BCUT2D eigenvalue weighted by atomic mass is 16.5. The van der Waals surface area contributed by atoms with Crippen LogP contribution in [0.1, 0.15) is 11.6 Å². The lowest BCUT2D eigenvalue weighted by atomic mass is 10.2. The highest BCUT2D eigenvalue weighted by molar-refractivity contribution is 5.85. The van der Waals surface area contributed by atoms with Crippen LogP contribution in [0.25, 0.3) is 11.0 Å². The fourth-order valence-electron chi connectivity index (χ4n) is 2.25. The van der Waals surface area contributed by atoms with Crippen LogP contribution in [-0.2, 0) is 20.0 Å². The first kappa shape index (κ1) is 12.7. The van der Waals surface area contributed by atoms with Crippen LogP contribution in [0, 0.1) is 0 Å². The average molecular weight is 271 g/mol. The molecule has 2 N–H and O–H groups in total. The van der Waals surface area contributed by atoms with Crippen LogP contribution >= 0.6 is 0 Å². The molecule has 20 heavy (non-hydrogen) atoms. The fourth-order valence-corrected chi connectivity index (χ4v) is 2.25. The van der Waals surface area contributed by atoms with Gasteiger partial charge in [0.05, 0.1) is 18.5 Å². The van der Waals surface area contributed by atoms with Crippen molar-refractivity contribution in [3.05, 3.63) is 48.2 Å². The van der Waals surface area contributed by atoms with Crippen molar-refractivity contribution < 1.29 is 9.15 Å². The summed E-state index contributed by atoms with van der Waals surface area (Å²) in [5.74, 6) is 2.43. The smallest absolute Gasteiger partial charge is 0.169 e. The van der Waals surface area contributed by atoms with Gasteiger partial charge in [-0.15, -0.1) is 0 Å². The van der Waals surface area contributed by atoms with Crippen LogP contribution in [0.3, 0.4) is 0 Å². The van der Waals surface area contributed by atoms with Crippen LogP contribution < -0.4 is 10.5 Å². The van der Waals surface area contributed by atoms with Gasteiger partial charge in [-0.1, -0.05) is 12.1 Å². The summed E-state index contributed by atoms with van der Waals surface area (Å²) in [6.07, 6.45) is 4.45. The molecule has 0 atom stereocenters. The van der Waals surface area contributed by atoms with E-state index in [0.29, 0.717) is 18.9 Å². The van der Waals surface area contributed by atoms with E-state index in [2.05, 4.69) is 4.98 Å². The zero-order chi connectivity index (χ0) is 13.9. The number of hydrogen-bond donors (Lipinski definition) is 1. The van der Waals surface area contributed by atoms with Gasteiger partial charge in [-0.2, -0.15) is 0 Å². The van der Waals surface area contributed by atoms with Crippen LogP contribution in [-0.4, -0.2) is 16.2 Å². The molecule has 0 aliphatic rings. The Balaban J connectivity index is 1.78. The quantitative estimate of drug-likeness (QED) is 0.773. The molecular formula is C15H17N3O2. The third-order valence-electron chi connectivity index (χ3n) is 3.30. The standard InChI is InChI=1S/C15H17N3O2/c1-18-8-7-17-14(18)6-9-19-15-11-4-2-3-5-12(11)20-13(15)10-16/h2-5,7-8H,6,9-10,16H2,1H3. The van der Waals surface area contributed by atoms with Crippen molar-refractivity contribution in [1.29, 1.82) is 0 Å². The van der Waals surface area contributed by atoms with Gasteiger partial charge in [0.1, 0.15) is 11.4 Å². The number of nitrogens with two attached hydrogens (primary N) is 1. The van der Waals surface area contributed by atoms with E-state index in [1.807, 2.05) is 42.1 Å². The van der Waals surface area contributed by atoms with Crippen molar-refractivity contribution in [2.24, 2.45) is 12.8 Å². The molecule has 0 aliphatic heterocycles. The number of imidazole rings is 1. The molecule has 2 heterocycles. The predicted octanol–water partition coefficient (Wildman–Crippen LogP) is 2.25. The van der Waals surface area contributed by atoms with Gasteiger partial charge in [0.25, 0.3) is 0 Å². The molecule has 0 amide bonds. The molecule has 0 unspecified atom stereocenters. The Morgan fingerprint density at radius 2 is 2.20 bits per heavy atom. The third-order valence-corrected chi connectivity index (χ3v) is 3.30. The number of ether oxygens (including phenoxy) is 1. The zero-order valence-electron chi connectivity index (χ0n) is 11.4. The van der Waals surface area contributed by atoms with Gasteiger partial charge in [-0.05, 0) is 12.1 Å². The second-order valence-electron chi connectivity index (χ2n) is 4.61. The molecule has 0 spiro atoms. The number of aromatic nitrogens is 2. The van der Waals surface area contributed by atoms with E-state index < -0.39 is 0 Å². The van der Waals surface area contributed by atoms with Crippen molar-refractivity contribution in [2.75, 3.05) is 6.61 Å². The maximum Gasteiger partial charge on any atom is 0.169 e. The predicted molar refractivity (Wildman–Crippen MR) is 76.5 cm³/mol. The molecule has 1 aromatic carbocycles. The number of hydrogen-bond acceptors (Lipinski definition) is 4. The van der Waals surface area contributed by atoms with E-state index in [4.69, 9.17) is 14.9 Å². The number of para-hydroxylation sites is 1. The minimum absolute atomic E-state index is 0.326. The monoisotopic (exact) mass is 271 g/mol. The molecule has 104 valence electrons. The summed E-state index contributed by atoms with van der Waals surface area (Å²) in [4.78, 5) is 4.27. The molecule has 5 nitrogen and oxygen atoms in total. The summed E-state index contributed by atoms with van der Waals surface area (Å²) < 4.78 is 13.6. The molecule has 0 fully saturated rings. The van der Waals surface area contributed by atoms with Gasteiger partial charge in [-0.25, -0.2) is 4.98 Å². The maximum absolute atomic E-state index is 5.88. The van der Waals surface area contributed by atoms with Gasteiger partial charge in [0, 0.05) is 25.9 Å². The first-order chi connectivity index (χ1) is 9.79. The molecule has 3 rings (SSSR count). The van der Waals surface area contributed by atoms with E-state index in [1.54, 1.807) is 6.20 Å². The van der Waals surface area contributed by atoms with Crippen molar-refractivity contribution in [2.45, 2.75) is 13.0 Å². The Kier molecular flexibility index (Phi) is 3.43. The second-order valence-corrected chi connectivity index (χ2v) is 4.61. The Bertz CT molecular complexity index is 715. The Hall–Kier alpha value is -2.27. The Morgan fingerprint density at radius 3 is 2.95 bits per heavy atom. The van der Waals surface area contributed by atoms with Gasteiger partial charge in [-0.3, -0.25) is 0 Å². The van der Waals surface area contributed by atoms with E-state index >= 15 is 0 Å². The van der Waals surface area contributed by atoms with Gasteiger partial charge >= 0.3 is 0 Å².